The van der Waals surface area contributed by atoms with Gasteiger partial charge in [0, 0.05) is 6.07 Å². The molecular weight excluding hydrogens is 555 g/mol. The van der Waals surface area contributed by atoms with E-state index in [2.05, 4.69) is 5.32 Å². The van der Waals surface area contributed by atoms with Crippen LogP contribution in [0.15, 0.2) is 95.9 Å². The Kier molecular flexibility index (Phi) is 8.96. The van der Waals surface area contributed by atoms with Crippen LogP contribution in [0.25, 0.3) is 0 Å². The van der Waals surface area contributed by atoms with Gasteiger partial charge >= 0.3 is 0 Å². The summed E-state index contributed by atoms with van der Waals surface area (Å²) in [4.78, 5) is 13.4. The van der Waals surface area contributed by atoms with Crippen LogP contribution in [0, 0.1) is 12.7 Å². The van der Waals surface area contributed by atoms with Gasteiger partial charge in [0.2, 0.25) is 5.91 Å². The SMILES string of the molecule is COc1ccc(S(=O)(=O)N(CC(=O)NC(c2ccccc2)c2cccc(C)c2)c2ccc(F)c(Cl)c2)cc1OC. The van der Waals surface area contributed by atoms with E-state index in [0.29, 0.717) is 5.75 Å². The molecule has 10 heteroatoms. The van der Waals surface area contributed by atoms with E-state index in [4.69, 9.17) is 21.1 Å². The molecule has 1 N–H and O–H groups in total. The van der Waals surface area contributed by atoms with Gasteiger partial charge in [-0.3, -0.25) is 9.10 Å². The Bertz CT molecular complexity index is 1620. The van der Waals surface area contributed by atoms with E-state index in [1.807, 2.05) is 61.5 Å². The first-order chi connectivity index (χ1) is 19.1. The molecule has 0 heterocycles. The highest BCUT2D eigenvalue weighted by Gasteiger charge is 2.30. The number of hydrogen-bond donors (Lipinski definition) is 1. The average molecular weight is 583 g/mol. The summed E-state index contributed by atoms with van der Waals surface area (Å²) in [6, 6.07) is 24.0. The smallest absolute Gasteiger partial charge is 0.264 e. The third kappa shape index (κ3) is 6.38. The van der Waals surface area contributed by atoms with Gasteiger partial charge in [0.15, 0.2) is 11.5 Å². The Labute approximate surface area is 238 Å². The molecule has 0 radical (unpaired) electrons. The van der Waals surface area contributed by atoms with Crippen molar-refractivity contribution < 1.29 is 27.1 Å². The van der Waals surface area contributed by atoms with Gasteiger partial charge < -0.3 is 14.8 Å². The minimum atomic E-state index is -4.35. The summed E-state index contributed by atoms with van der Waals surface area (Å²) in [7, 11) is -1.54. The third-order valence-electron chi connectivity index (χ3n) is 6.24. The molecule has 0 aliphatic rings. The standard InChI is InChI=1S/C30H28ClFN2O5S/c1-20-8-7-11-22(16-20)30(21-9-5-4-6-10-21)33-29(35)19-34(23-12-14-26(32)25(31)17-23)40(36,37)24-13-15-27(38-2)28(18-24)39-3/h4-18,30H,19H2,1-3H3,(H,33,35). The topological polar surface area (TPSA) is 84.9 Å². The number of anilines is 1. The molecule has 0 aliphatic carbocycles. The normalized spacial score (nSPS) is 11.9. The minimum Gasteiger partial charge on any atom is -0.493 e. The second-order valence-corrected chi connectivity index (χ2v) is 11.2. The molecule has 1 atom stereocenters. The molecule has 4 rings (SSSR count). The van der Waals surface area contributed by atoms with Gasteiger partial charge in [0.05, 0.1) is 35.9 Å². The van der Waals surface area contributed by atoms with Crippen LogP contribution in [0.3, 0.4) is 0 Å². The molecule has 1 amide bonds. The summed E-state index contributed by atoms with van der Waals surface area (Å²) in [5.41, 5.74) is 2.67. The van der Waals surface area contributed by atoms with Crippen LogP contribution in [-0.4, -0.2) is 35.1 Å². The number of rotatable bonds is 10. The third-order valence-corrected chi connectivity index (χ3v) is 8.29. The van der Waals surface area contributed by atoms with Gasteiger partial charge in [0.1, 0.15) is 12.4 Å². The first kappa shape index (κ1) is 28.9. The van der Waals surface area contributed by atoms with Gasteiger partial charge in [-0.2, -0.15) is 0 Å². The van der Waals surface area contributed by atoms with Gasteiger partial charge in [-0.25, -0.2) is 12.8 Å². The lowest BCUT2D eigenvalue weighted by Gasteiger charge is -2.26. The number of halogens is 2. The summed E-state index contributed by atoms with van der Waals surface area (Å²) < 4.78 is 53.2. The zero-order chi connectivity index (χ0) is 28.9. The van der Waals surface area contributed by atoms with Crippen LogP contribution < -0.4 is 19.1 Å². The Morgan fingerprint density at radius 2 is 1.60 bits per heavy atom. The quantitative estimate of drug-likeness (QED) is 0.251. The van der Waals surface area contributed by atoms with Crippen LogP contribution in [0.5, 0.6) is 11.5 Å². The van der Waals surface area contributed by atoms with Crippen LogP contribution in [0.2, 0.25) is 5.02 Å². The molecule has 4 aromatic carbocycles. The molecule has 0 spiro atoms. The van der Waals surface area contributed by atoms with Gasteiger partial charge in [-0.15, -0.1) is 0 Å². The van der Waals surface area contributed by atoms with Crippen LogP contribution in [0.1, 0.15) is 22.7 Å². The lowest BCUT2D eigenvalue weighted by atomic mass is 9.97. The van der Waals surface area contributed by atoms with Gasteiger partial charge in [-0.1, -0.05) is 71.8 Å². The number of amides is 1. The van der Waals surface area contributed by atoms with Crippen LogP contribution in [-0.2, 0) is 14.8 Å². The molecule has 40 heavy (non-hydrogen) atoms. The van der Waals surface area contributed by atoms with E-state index in [1.165, 1.54) is 38.5 Å². The number of nitrogens with zero attached hydrogens (tertiary/aromatic N) is 1. The van der Waals surface area contributed by atoms with E-state index in [0.717, 1.165) is 33.1 Å². The summed E-state index contributed by atoms with van der Waals surface area (Å²) in [6.45, 7) is 1.34. The first-order valence-corrected chi connectivity index (χ1v) is 14.1. The predicted molar refractivity (Wildman–Crippen MR) is 153 cm³/mol. The average Bonchev–Trinajstić information content (AvgIpc) is 2.96. The summed E-state index contributed by atoms with van der Waals surface area (Å²) in [5, 5.41) is 2.69. The predicted octanol–water partition coefficient (Wildman–Crippen LogP) is 5.91. The Morgan fingerprint density at radius 1 is 0.900 bits per heavy atom. The highest BCUT2D eigenvalue weighted by atomic mass is 35.5. The van der Waals surface area contributed by atoms with E-state index in [9.17, 15) is 17.6 Å². The van der Waals surface area contributed by atoms with Crippen molar-refractivity contribution in [3.05, 3.63) is 119 Å². The largest absolute Gasteiger partial charge is 0.493 e. The maximum absolute atomic E-state index is 14.0. The Balaban J connectivity index is 1.74. The molecule has 1 unspecified atom stereocenters. The number of hydrogen-bond acceptors (Lipinski definition) is 5. The Morgan fingerprint density at radius 3 is 2.25 bits per heavy atom. The van der Waals surface area contributed by atoms with E-state index in [1.54, 1.807) is 0 Å². The summed E-state index contributed by atoms with van der Waals surface area (Å²) >= 11 is 6.00. The van der Waals surface area contributed by atoms with E-state index in [-0.39, 0.29) is 21.4 Å². The minimum absolute atomic E-state index is 0.0168. The molecule has 0 fully saturated rings. The second kappa shape index (κ2) is 12.4. The number of nitrogens with one attached hydrogen (secondary N) is 1. The fourth-order valence-corrected chi connectivity index (χ4v) is 5.85. The van der Waals surface area contributed by atoms with Crippen molar-refractivity contribution in [2.45, 2.75) is 17.9 Å². The number of benzene rings is 4. The van der Waals surface area contributed by atoms with Gasteiger partial charge in [-0.05, 0) is 48.4 Å². The Hall–Kier alpha value is -4.08. The van der Waals surface area contributed by atoms with Crippen molar-refractivity contribution in [1.82, 2.24) is 5.32 Å². The van der Waals surface area contributed by atoms with Crippen molar-refractivity contribution >= 4 is 33.2 Å². The molecule has 0 saturated carbocycles. The molecule has 0 aliphatic heterocycles. The fourth-order valence-electron chi connectivity index (χ4n) is 4.25. The van der Waals surface area contributed by atoms with Crippen molar-refractivity contribution in [1.29, 1.82) is 0 Å². The molecule has 208 valence electrons. The van der Waals surface area contributed by atoms with E-state index < -0.39 is 34.3 Å². The lowest BCUT2D eigenvalue weighted by molar-refractivity contribution is -0.120. The first-order valence-electron chi connectivity index (χ1n) is 12.2. The number of methoxy groups -OCH3 is 2. The number of carbonyl (C=O) groups is 1. The zero-order valence-corrected chi connectivity index (χ0v) is 23.7. The highest BCUT2D eigenvalue weighted by molar-refractivity contribution is 7.92. The maximum atomic E-state index is 14.0. The van der Waals surface area contributed by atoms with E-state index >= 15 is 0 Å². The fraction of sp³-hybridized carbons (Fsp3) is 0.167. The number of ether oxygens (including phenoxy) is 2. The molecule has 0 saturated heterocycles. The van der Waals surface area contributed by atoms with Crippen molar-refractivity contribution in [3.63, 3.8) is 0 Å². The number of carbonyl (C=O) groups excluding carboxylic acids is 1. The monoisotopic (exact) mass is 582 g/mol. The van der Waals surface area contributed by atoms with Crippen molar-refractivity contribution in [2.75, 3.05) is 25.1 Å². The molecule has 7 nitrogen and oxygen atoms in total. The highest BCUT2D eigenvalue weighted by Crippen LogP contribution is 2.33. The van der Waals surface area contributed by atoms with Crippen LogP contribution >= 0.6 is 11.6 Å². The van der Waals surface area contributed by atoms with Crippen molar-refractivity contribution in [3.8, 4) is 11.5 Å². The summed E-state index contributed by atoms with van der Waals surface area (Å²) in [6.07, 6.45) is 0. The van der Waals surface area contributed by atoms with Gasteiger partial charge in [0.25, 0.3) is 10.0 Å². The number of sulfonamides is 1. The van der Waals surface area contributed by atoms with Crippen molar-refractivity contribution in [2.24, 2.45) is 0 Å². The summed E-state index contributed by atoms with van der Waals surface area (Å²) in [5.74, 6) is -0.782. The molecule has 4 aromatic rings. The molecule has 0 aromatic heterocycles. The van der Waals surface area contributed by atoms with Crippen LogP contribution in [0.4, 0.5) is 10.1 Å². The lowest BCUT2D eigenvalue weighted by Crippen LogP contribution is -2.42. The second-order valence-electron chi connectivity index (χ2n) is 8.95. The zero-order valence-electron chi connectivity index (χ0n) is 22.1. The molecule has 0 bridgehead atoms. The maximum Gasteiger partial charge on any atom is 0.264 e. The number of aryl methyl sites for hydroxylation is 1. The molecular formula is C30H28ClFN2O5S.